The molecule has 2 N–H and O–H groups in total. The Hall–Kier alpha value is -4.98. The molecular formula is C29H31N5O6. The normalized spacial score (nSPS) is 17.4. The van der Waals surface area contributed by atoms with Crippen LogP contribution in [-0.4, -0.2) is 70.3 Å². The highest BCUT2D eigenvalue weighted by Gasteiger charge is 2.43. The molecule has 0 radical (unpaired) electrons. The third kappa shape index (κ3) is 5.03. The maximum Gasteiger partial charge on any atom is 0.355 e. The standard InChI is InChI=1S/C29H31N5O6/c1-18(35)32-12-14-33(15-13-32)20-10-11-22(23(16-20)38-2)34-26(29(37)40-4)25(28(36)39-3)24(21(17-30)27(34)31)19-8-6-5-7-9-19/h5-11,16,24H,12-15,31H2,1-4H3. The van der Waals surface area contributed by atoms with Gasteiger partial charge in [-0.2, -0.15) is 5.26 Å². The van der Waals surface area contributed by atoms with Crippen LogP contribution in [0.3, 0.4) is 0 Å². The number of carbonyl (C=O) groups is 3. The summed E-state index contributed by atoms with van der Waals surface area (Å²) in [5.74, 6) is -2.29. The van der Waals surface area contributed by atoms with E-state index in [-0.39, 0.29) is 28.6 Å². The highest BCUT2D eigenvalue weighted by Crippen LogP contribution is 2.46. The number of hydrogen-bond acceptors (Lipinski definition) is 10. The van der Waals surface area contributed by atoms with E-state index < -0.39 is 17.9 Å². The number of esters is 2. The van der Waals surface area contributed by atoms with E-state index in [0.717, 1.165) is 5.69 Å². The van der Waals surface area contributed by atoms with Crippen molar-refractivity contribution in [1.29, 1.82) is 5.26 Å². The first-order valence-electron chi connectivity index (χ1n) is 12.6. The lowest BCUT2D eigenvalue weighted by Gasteiger charge is -2.37. The van der Waals surface area contributed by atoms with Crippen LogP contribution in [0, 0.1) is 11.3 Å². The van der Waals surface area contributed by atoms with Crippen molar-refractivity contribution in [3.05, 3.63) is 76.8 Å². The van der Waals surface area contributed by atoms with Gasteiger partial charge in [0.2, 0.25) is 5.91 Å². The number of anilines is 2. The van der Waals surface area contributed by atoms with Crippen LogP contribution in [0.4, 0.5) is 11.4 Å². The van der Waals surface area contributed by atoms with Crippen LogP contribution in [0.15, 0.2) is 71.2 Å². The molecule has 1 unspecified atom stereocenters. The maximum absolute atomic E-state index is 13.3. The molecule has 11 nitrogen and oxygen atoms in total. The molecule has 0 aromatic heterocycles. The summed E-state index contributed by atoms with van der Waals surface area (Å²) in [6.45, 7) is 3.99. The van der Waals surface area contributed by atoms with Gasteiger partial charge in [-0.05, 0) is 17.7 Å². The zero-order valence-electron chi connectivity index (χ0n) is 22.8. The molecule has 2 aromatic carbocycles. The van der Waals surface area contributed by atoms with Gasteiger partial charge in [0.05, 0.1) is 50.2 Å². The second-order valence-electron chi connectivity index (χ2n) is 9.18. The fourth-order valence-corrected chi connectivity index (χ4v) is 5.09. The minimum Gasteiger partial charge on any atom is -0.494 e. The molecule has 0 spiro atoms. The van der Waals surface area contributed by atoms with Gasteiger partial charge in [-0.15, -0.1) is 0 Å². The van der Waals surface area contributed by atoms with Crippen molar-refractivity contribution in [2.45, 2.75) is 12.8 Å². The van der Waals surface area contributed by atoms with E-state index in [4.69, 9.17) is 19.9 Å². The molecule has 1 saturated heterocycles. The number of hydrogen-bond donors (Lipinski definition) is 1. The highest BCUT2D eigenvalue weighted by atomic mass is 16.5. The first kappa shape index (κ1) is 28.0. The number of benzene rings is 2. The Morgan fingerprint density at radius 1 is 0.950 bits per heavy atom. The third-order valence-electron chi connectivity index (χ3n) is 7.10. The number of nitrogens with zero attached hydrogens (tertiary/aromatic N) is 4. The minimum absolute atomic E-state index is 0.0329. The number of amides is 1. The summed E-state index contributed by atoms with van der Waals surface area (Å²) >= 11 is 0. The number of methoxy groups -OCH3 is 3. The Morgan fingerprint density at radius 3 is 2.15 bits per heavy atom. The number of ether oxygens (including phenoxy) is 3. The van der Waals surface area contributed by atoms with Crippen LogP contribution in [0.2, 0.25) is 0 Å². The molecule has 0 bridgehead atoms. The maximum atomic E-state index is 13.3. The third-order valence-corrected chi connectivity index (χ3v) is 7.10. The Labute approximate surface area is 232 Å². The van der Waals surface area contributed by atoms with Crippen molar-refractivity contribution in [2.75, 3.05) is 57.3 Å². The van der Waals surface area contributed by atoms with E-state index in [1.165, 1.54) is 26.2 Å². The van der Waals surface area contributed by atoms with Gasteiger partial charge in [0, 0.05) is 44.9 Å². The van der Waals surface area contributed by atoms with Crippen LogP contribution in [0.5, 0.6) is 5.75 Å². The van der Waals surface area contributed by atoms with Crippen molar-refractivity contribution >= 4 is 29.2 Å². The van der Waals surface area contributed by atoms with Crippen molar-refractivity contribution < 1.29 is 28.6 Å². The van der Waals surface area contributed by atoms with Gasteiger partial charge < -0.3 is 29.7 Å². The van der Waals surface area contributed by atoms with Crippen LogP contribution in [-0.2, 0) is 23.9 Å². The number of piperazine rings is 1. The average molecular weight is 546 g/mol. The molecule has 2 aliphatic rings. The first-order valence-corrected chi connectivity index (χ1v) is 12.6. The van der Waals surface area contributed by atoms with Crippen molar-refractivity contribution in [1.82, 2.24) is 4.90 Å². The molecule has 4 rings (SSSR count). The number of allylic oxidation sites excluding steroid dienone is 1. The lowest BCUT2D eigenvalue weighted by atomic mass is 9.81. The van der Waals surface area contributed by atoms with Gasteiger partial charge in [0.25, 0.3) is 0 Å². The van der Waals surface area contributed by atoms with Crippen LogP contribution in [0.1, 0.15) is 18.4 Å². The lowest BCUT2D eigenvalue weighted by molar-refractivity contribution is -0.139. The summed E-state index contributed by atoms with van der Waals surface area (Å²) in [7, 11) is 3.87. The Balaban J connectivity index is 1.89. The summed E-state index contributed by atoms with van der Waals surface area (Å²) in [5.41, 5.74) is 8.15. The van der Waals surface area contributed by atoms with E-state index in [1.807, 2.05) is 6.07 Å². The van der Waals surface area contributed by atoms with Crippen LogP contribution < -0.4 is 20.3 Å². The number of nitriles is 1. The number of nitrogens with two attached hydrogens (primary N) is 1. The Bertz CT molecular complexity index is 1420. The largest absolute Gasteiger partial charge is 0.494 e. The SMILES string of the molecule is COC(=O)C1=C(C(=O)OC)N(c2ccc(N3CCN(C(C)=O)CC3)cc2OC)C(N)=C(C#N)C1c1ccccc1. The zero-order valence-corrected chi connectivity index (χ0v) is 22.8. The molecule has 11 heteroatoms. The van der Waals surface area contributed by atoms with Crippen molar-refractivity contribution in [2.24, 2.45) is 5.73 Å². The minimum atomic E-state index is -0.966. The number of rotatable bonds is 6. The smallest absolute Gasteiger partial charge is 0.355 e. The van der Waals surface area contributed by atoms with Gasteiger partial charge in [0.1, 0.15) is 17.3 Å². The molecule has 2 aromatic rings. The second-order valence-corrected chi connectivity index (χ2v) is 9.18. The monoisotopic (exact) mass is 545 g/mol. The van der Waals surface area contributed by atoms with Crippen molar-refractivity contribution in [3.63, 3.8) is 0 Å². The van der Waals surface area contributed by atoms with E-state index in [2.05, 4.69) is 11.0 Å². The Kier molecular flexibility index (Phi) is 8.29. The van der Waals surface area contributed by atoms with E-state index in [0.29, 0.717) is 43.2 Å². The summed E-state index contributed by atoms with van der Waals surface area (Å²) in [4.78, 5) is 43.5. The predicted octanol–water partition coefficient (Wildman–Crippen LogP) is 2.26. The van der Waals surface area contributed by atoms with Gasteiger partial charge in [-0.3, -0.25) is 9.69 Å². The average Bonchev–Trinajstić information content (AvgIpc) is 2.99. The quantitative estimate of drug-likeness (QED) is 0.538. The molecule has 2 aliphatic heterocycles. The molecule has 2 heterocycles. The summed E-state index contributed by atoms with van der Waals surface area (Å²) in [6, 6.07) is 16.3. The van der Waals surface area contributed by atoms with E-state index >= 15 is 0 Å². The molecule has 1 fully saturated rings. The van der Waals surface area contributed by atoms with Gasteiger partial charge in [0.15, 0.2) is 0 Å². The predicted molar refractivity (Wildman–Crippen MR) is 147 cm³/mol. The molecule has 0 saturated carbocycles. The lowest BCUT2D eigenvalue weighted by Crippen LogP contribution is -2.48. The van der Waals surface area contributed by atoms with E-state index in [1.54, 1.807) is 54.3 Å². The fourth-order valence-electron chi connectivity index (χ4n) is 5.09. The first-order chi connectivity index (χ1) is 19.3. The summed E-state index contributed by atoms with van der Waals surface area (Å²) in [6.07, 6.45) is 0. The van der Waals surface area contributed by atoms with Gasteiger partial charge in [-0.25, -0.2) is 9.59 Å². The molecular weight excluding hydrogens is 514 g/mol. The fraction of sp³-hybridized carbons (Fsp3) is 0.310. The van der Waals surface area contributed by atoms with Gasteiger partial charge >= 0.3 is 11.9 Å². The van der Waals surface area contributed by atoms with E-state index in [9.17, 15) is 19.6 Å². The highest BCUT2D eigenvalue weighted by molar-refractivity contribution is 6.06. The van der Waals surface area contributed by atoms with Crippen molar-refractivity contribution in [3.8, 4) is 11.8 Å². The summed E-state index contributed by atoms with van der Waals surface area (Å²) < 4.78 is 15.9. The van der Waals surface area contributed by atoms with Gasteiger partial charge in [-0.1, -0.05) is 30.3 Å². The Morgan fingerprint density at radius 2 is 1.60 bits per heavy atom. The van der Waals surface area contributed by atoms with Crippen LogP contribution in [0.25, 0.3) is 0 Å². The summed E-state index contributed by atoms with van der Waals surface area (Å²) in [5, 5.41) is 10.2. The topological polar surface area (TPSA) is 138 Å². The molecule has 40 heavy (non-hydrogen) atoms. The molecule has 0 aliphatic carbocycles. The van der Waals surface area contributed by atoms with Crippen LogP contribution >= 0.6 is 0 Å². The second kappa shape index (κ2) is 11.8. The zero-order chi connectivity index (χ0) is 29.0. The molecule has 1 amide bonds. The molecule has 1 atom stereocenters. The number of carbonyl (C=O) groups excluding carboxylic acids is 3. The molecule has 208 valence electrons.